The van der Waals surface area contributed by atoms with Crippen molar-refractivity contribution in [2.45, 2.75) is 26.3 Å². The van der Waals surface area contributed by atoms with Crippen LogP contribution in [0.4, 0.5) is 5.69 Å². The molecule has 0 saturated heterocycles. The molecule has 0 aromatic heterocycles. The van der Waals surface area contributed by atoms with E-state index in [-0.39, 0.29) is 5.91 Å². The Morgan fingerprint density at radius 3 is 2.39 bits per heavy atom. The molecule has 1 amide bonds. The molecule has 1 atom stereocenters. The van der Waals surface area contributed by atoms with Gasteiger partial charge < -0.3 is 11.1 Å². The average Bonchev–Trinajstić information content (AvgIpc) is 2.62. The first-order valence-electron chi connectivity index (χ1n) is 7.01. The quantitative estimate of drug-likeness (QED) is 0.671. The SMILES string of the molecule is CC(N)C(=O)Nc1cc(Cl)cc(Cl)c1.CC1=CCC=C(Br)C=C1. The first-order valence-corrected chi connectivity index (χ1v) is 8.56. The third-order valence-corrected chi connectivity index (χ3v) is 3.83. The molecule has 124 valence electrons. The second-order valence-electron chi connectivity index (χ2n) is 5.04. The van der Waals surface area contributed by atoms with Gasteiger partial charge in [-0.1, -0.05) is 62.9 Å². The van der Waals surface area contributed by atoms with Gasteiger partial charge in [-0.3, -0.25) is 4.79 Å². The third-order valence-electron chi connectivity index (χ3n) is 2.80. The van der Waals surface area contributed by atoms with Crippen LogP contribution in [0.15, 0.2) is 52.6 Å². The summed E-state index contributed by atoms with van der Waals surface area (Å²) in [5.74, 6) is -0.275. The number of benzene rings is 1. The molecular weight excluding hydrogens is 399 g/mol. The number of rotatable bonds is 2. The smallest absolute Gasteiger partial charge is 0.241 e. The maximum atomic E-state index is 11.2. The van der Waals surface area contributed by atoms with Gasteiger partial charge in [0.15, 0.2) is 0 Å². The van der Waals surface area contributed by atoms with Gasteiger partial charge in [-0.25, -0.2) is 0 Å². The molecule has 23 heavy (non-hydrogen) atoms. The molecule has 3 nitrogen and oxygen atoms in total. The van der Waals surface area contributed by atoms with Gasteiger partial charge in [-0.05, 0) is 44.5 Å². The van der Waals surface area contributed by atoms with E-state index in [1.165, 1.54) is 10.1 Å². The number of nitrogens with two attached hydrogens (primary N) is 1. The van der Waals surface area contributed by atoms with Gasteiger partial charge in [-0.2, -0.15) is 0 Å². The van der Waals surface area contributed by atoms with Gasteiger partial charge in [0, 0.05) is 20.2 Å². The highest BCUT2D eigenvalue weighted by atomic mass is 79.9. The van der Waals surface area contributed by atoms with Gasteiger partial charge in [0.2, 0.25) is 5.91 Å². The van der Waals surface area contributed by atoms with E-state index in [4.69, 9.17) is 28.9 Å². The molecule has 0 saturated carbocycles. The van der Waals surface area contributed by atoms with Crippen molar-refractivity contribution in [2.24, 2.45) is 5.73 Å². The van der Waals surface area contributed by atoms with Crippen LogP contribution >= 0.6 is 39.1 Å². The fraction of sp³-hybridized carbons (Fsp3) is 0.235. The van der Waals surface area contributed by atoms with E-state index in [1.54, 1.807) is 25.1 Å². The number of halogens is 3. The molecular formula is C17H19BrCl2N2O. The lowest BCUT2D eigenvalue weighted by Gasteiger charge is -2.08. The predicted molar refractivity (Wildman–Crippen MR) is 103 cm³/mol. The second kappa shape index (κ2) is 9.93. The first kappa shape index (κ1) is 20.0. The molecule has 0 fully saturated rings. The fourth-order valence-corrected chi connectivity index (χ4v) is 2.43. The normalized spacial score (nSPS) is 14.7. The van der Waals surface area contributed by atoms with E-state index in [1.807, 2.05) is 0 Å². The minimum Gasteiger partial charge on any atom is -0.325 e. The number of allylic oxidation sites excluding steroid dienone is 6. The Morgan fingerprint density at radius 1 is 1.22 bits per heavy atom. The van der Waals surface area contributed by atoms with Crippen LogP contribution in [0.3, 0.4) is 0 Å². The number of carbonyl (C=O) groups is 1. The summed E-state index contributed by atoms with van der Waals surface area (Å²) in [5, 5.41) is 3.53. The van der Waals surface area contributed by atoms with Crippen molar-refractivity contribution in [3.8, 4) is 0 Å². The zero-order valence-corrected chi connectivity index (χ0v) is 16.0. The predicted octanol–water partition coefficient (Wildman–Crippen LogP) is 5.45. The molecule has 0 aliphatic heterocycles. The largest absolute Gasteiger partial charge is 0.325 e. The summed E-state index contributed by atoms with van der Waals surface area (Å²) < 4.78 is 1.18. The Morgan fingerprint density at radius 2 is 1.83 bits per heavy atom. The van der Waals surface area contributed by atoms with E-state index < -0.39 is 6.04 Å². The number of nitrogens with one attached hydrogen (secondary N) is 1. The zero-order valence-electron chi connectivity index (χ0n) is 12.9. The maximum absolute atomic E-state index is 11.2. The summed E-state index contributed by atoms with van der Waals surface area (Å²) in [6.07, 6.45) is 9.56. The standard InChI is InChI=1S/C9H10Cl2N2O.C8H9Br/c1-5(12)9(14)13-8-3-6(10)2-7(11)4-8;1-7-3-2-4-8(9)6-5-7/h2-5H,12H2,1H3,(H,13,14);3-6H,2H2,1H3. The summed E-state index contributed by atoms with van der Waals surface area (Å²) in [7, 11) is 0. The Labute approximate surface area is 155 Å². The molecule has 1 unspecified atom stereocenters. The van der Waals surface area contributed by atoms with E-state index >= 15 is 0 Å². The first-order chi connectivity index (χ1) is 10.8. The number of anilines is 1. The average molecular weight is 418 g/mol. The second-order valence-corrected chi connectivity index (χ2v) is 6.83. The van der Waals surface area contributed by atoms with Crippen LogP contribution < -0.4 is 11.1 Å². The highest BCUT2D eigenvalue weighted by Crippen LogP contribution is 2.22. The molecule has 0 spiro atoms. The Hall–Kier alpha value is -1.07. The molecule has 3 N–H and O–H groups in total. The van der Waals surface area contributed by atoms with Crippen LogP contribution in [0.5, 0.6) is 0 Å². The van der Waals surface area contributed by atoms with Crippen molar-refractivity contribution in [3.63, 3.8) is 0 Å². The summed E-state index contributed by atoms with van der Waals surface area (Å²) in [4.78, 5) is 11.2. The minimum atomic E-state index is -0.562. The van der Waals surface area contributed by atoms with Gasteiger partial charge in [0.05, 0.1) is 6.04 Å². The van der Waals surface area contributed by atoms with Gasteiger partial charge in [-0.15, -0.1) is 0 Å². The van der Waals surface area contributed by atoms with Crippen molar-refractivity contribution >= 4 is 50.7 Å². The molecule has 1 aliphatic carbocycles. The Kier molecular flexibility index (Phi) is 8.63. The highest BCUT2D eigenvalue weighted by molar-refractivity contribution is 9.11. The lowest BCUT2D eigenvalue weighted by atomic mass is 10.2. The molecule has 2 rings (SSSR count). The summed E-state index contributed by atoms with van der Waals surface area (Å²) >= 11 is 14.9. The summed E-state index contributed by atoms with van der Waals surface area (Å²) in [6, 6.07) is 4.24. The van der Waals surface area contributed by atoms with Crippen LogP contribution in [0.2, 0.25) is 10.0 Å². The molecule has 6 heteroatoms. The van der Waals surface area contributed by atoms with Crippen LogP contribution in [-0.4, -0.2) is 11.9 Å². The molecule has 0 radical (unpaired) electrons. The van der Waals surface area contributed by atoms with Crippen molar-refractivity contribution in [3.05, 3.63) is 62.6 Å². The van der Waals surface area contributed by atoms with Crippen molar-refractivity contribution < 1.29 is 4.79 Å². The van der Waals surface area contributed by atoms with Gasteiger partial charge in [0.1, 0.15) is 0 Å². The van der Waals surface area contributed by atoms with Gasteiger partial charge >= 0.3 is 0 Å². The van der Waals surface area contributed by atoms with Crippen LogP contribution in [0.1, 0.15) is 20.3 Å². The van der Waals surface area contributed by atoms with E-state index in [0.717, 1.165) is 6.42 Å². The van der Waals surface area contributed by atoms with Crippen molar-refractivity contribution in [1.29, 1.82) is 0 Å². The molecule has 1 aliphatic rings. The van der Waals surface area contributed by atoms with Gasteiger partial charge in [0.25, 0.3) is 0 Å². The number of hydrogen-bond donors (Lipinski definition) is 2. The monoisotopic (exact) mass is 416 g/mol. The van der Waals surface area contributed by atoms with Crippen molar-refractivity contribution in [1.82, 2.24) is 0 Å². The van der Waals surface area contributed by atoms with E-state index in [0.29, 0.717) is 15.7 Å². The summed E-state index contributed by atoms with van der Waals surface area (Å²) in [6.45, 7) is 3.71. The molecule has 0 heterocycles. The Bertz CT molecular complexity index is 612. The third kappa shape index (κ3) is 8.37. The summed E-state index contributed by atoms with van der Waals surface area (Å²) in [5.41, 5.74) is 7.26. The molecule has 1 aromatic carbocycles. The van der Waals surface area contributed by atoms with Crippen LogP contribution in [-0.2, 0) is 4.79 Å². The van der Waals surface area contributed by atoms with E-state index in [9.17, 15) is 4.79 Å². The fourth-order valence-electron chi connectivity index (χ4n) is 1.59. The maximum Gasteiger partial charge on any atom is 0.241 e. The molecule has 0 bridgehead atoms. The number of hydrogen-bond acceptors (Lipinski definition) is 2. The van der Waals surface area contributed by atoms with E-state index in [2.05, 4.69) is 52.5 Å². The minimum absolute atomic E-state index is 0.275. The lowest BCUT2D eigenvalue weighted by molar-refractivity contribution is -0.117. The number of carbonyl (C=O) groups excluding carboxylic acids is 1. The molecule has 1 aromatic rings. The van der Waals surface area contributed by atoms with Crippen LogP contribution in [0.25, 0.3) is 0 Å². The number of amides is 1. The van der Waals surface area contributed by atoms with Crippen LogP contribution in [0, 0.1) is 0 Å². The zero-order chi connectivity index (χ0) is 17.4. The highest BCUT2D eigenvalue weighted by Gasteiger charge is 2.08. The Balaban J connectivity index is 0.000000253. The van der Waals surface area contributed by atoms with Crippen molar-refractivity contribution in [2.75, 3.05) is 5.32 Å². The topological polar surface area (TPSA) is 55.1 Å². The lowest BCUT2D eigenvalue weighted by Crippen LogP contribution is -2.32.